The van der Waals surface area contributed by atoms with Crippen molar-refractivity contribution in [3.63, 3.8) is 0 Å². The third-order valence-electron chi connectivity index (χ3n) is 5.19. The van der Waals surface area contributed by atoms with Crippen LogP contribution in [0.4, 0.5) is 0 Å². The Labute approximate surface area is 165 Å². The molecule has 0 bridgehead atoms. The maximum atomic E-state index is 13.6. The molecule has 0 unspecified atom stereocenters. The molecule has 0 saturated heterocycles. The Bertz CT molecular complexity index is 929. The first-order chi connectivity index (χ1) is 13.7. The van der Waals surface area contributed by atoms with Crippen molar-refractivity contribution >= 4 is 11.9 Å². The van der Waals surface area contributed by atoms with E-state index in [4.69, 9.17) is 10.7 Å². The molecule has 28 heavy (non-hydrogen) atoms. The zero-order chi connectivity index (χ0) is 19.4. The summed E-state index contributed by atoms with van der Waals surface area (Å²) in [4.78, 5) is 20.0. The normalized spacial score (nSPS) is 15.5. The van der Waals surface area contributed by atoms with Crippen molar-refractivity contribution in [3.05, 3.63) is 108 Å². The van der Waals surface area contributed by atoms with Crippen molar-refractivity contribution in [1.29, 1.82) is 0 Å². The van der Waals surface area contributed by atoms with Gasteiger partial charge in [-0.3, -0.25) is 9.69 Å². The zero-order valence-corrected chi connectivity index (χ0v) is 15.7. The van der Waals surface area contributed by atoms with Crippen molar-refractivity contribution in [2.45, 2.75) is 18.4 Å². The van der Waals surface area contributed by atoms with Gasteiger partial charge < -0.3 is 5.73 Å². The summed E-state index contributed by atoms with van der Waals surface area (Å²) in [5.74, 6) is 0.196. The van der Waals surface area contributed by atoms with Crippen LogP contribution in [0.25, 0.3) is 0 Å². The molecular formula is C24H23N3O. The van der Waals surface area contributed by atoms with Gasteiger partial charge in [0.05, 0.1) is 0 Å². The molecule has 1 aliphatic rings. The topological polar surface area (TPSA) is 58.7 Å². The average molecular weight is 369 g/mol. The fraction of sp³-hybridized carbons (Fsp3) is 0.167. The third kappa shape index (κ3) is 3.18. The standard InChI is InChI=1S/C24H23N3O/c25-23-26-24(20-14-6-2-7-15-20,21-16-8-3-9-17-21)22(28)27(23)18-10-13-19-11-4-1-5-12-19/h1-9,11-12,14-17H,10,13,18H2,(H2,25,26). The Balaban J connectivity index is 1.63. The highest BCUT2D eigenvalue weighted by Crippen LogP contribution is 2.39. The monoisotopic (exact) mass is 369 g/mol. The summed E-state index contributed by atoms with van der Waals surface area (Å²) >= 11 is 0. The van der Waals surface area contributed by atoms with Gasteiger partial charge in [0.1, 0.15) is 0 Å². The van der Waals surface area contributed by atoms with Crippen LogP contribution >= 0.6 is 0 Å². The van der Waals surface area contributed by atoms with Gasteiger partial charge in [0.2, 0.25) is 0 Å². The lowest BCUT2D eigenvalue weighted by Crippen LogP contribution is -2.44. The second-order valence-electron chi connectivity index (χ2n) is 6.96. The Kier molecular flexibility index (Phi) is 4.94. The fourth-order valence-electron chi connectivity index (χ4n) is 3.78. The Hall–Kier alpha value is -3.40. The van der Waals surface area contributed by atoms with Crippen LogP contribution in [0.3, 0.4) is 0 Å². The van der Waals surface area contributed by atoms with E-state index in [2.05, 4.69) is 12.1 Å². The predicted molar refractivity (Wildman–Crippen MR) is 112 cm³/mol. The molecule has 0 aromatic heterocycles. The number of nitrogens with two attached hydrogens (primary N) is 1. The van der Waals surface area contributed by atoms with Crippen LogP contribution in [0.2, 0.25) is 0 Å². The van der Waals surface area contributed by atoms with Crippen LogP contribution in [0.15, 0.2) is 96.0 Å². The van der Waals surface area contributed by atoms with Crippen molar-refractivity contribution in [2.75, 3.05) is 6.54 Å². The van der Waals surface area contributed by atoms with E-state index in [-0.39, 0.29) is 11.9 Å². The van der Waals surface area contributed by atoms with E-state index in [1.54, 1.807) is 4.90 Å². The molecule has 0 radical (unpaired) electrons. The van der Waals surface area contributed by atoms with Crippen LogP contribution in [0, 0.1) is 0 Å². The molecule has 3 aromatic carbocycles. The molecule has 0 atom stereocenters. The molecule has 2 N–H and O–H groups in total. The molecule has 1 heterocycles. The molecule has 0 aliphatic carbocycles. The molecule has 0 fully saturated rings. The van der Waals surface area contributed by atoms with E-state index >= 15 is 0 Å². The number of hydrogen-bond acceptors (Lipinski definition) is 3. The summed E-state index contributed by atoms with van der Waals surface area (Å²) in [5, 5.41) is 0. The first-order valence-corrected chi connectivity index (χ1v) is 9.54. The SMILES string of the molecule is NC1=NC(c2ccccc2)(c2ccccc2)C(=O)N1CCCc1ccccc1. The number of aliphatic imine (C=N–C) groups is 1. The number of amides is 1. The number of carbonyl (C=O) groups excluding carboxylic acids is 1. The first-order valence-electron chi connectivity index (χ1n) is 9.54. The molecule has 3 aromatic rings. The summed E-state index contributed by atoms with van der Waals surface area (Å²) < 4.78 is 0. The lowest BCUT2D eigenvalue weighted by atomic mass is 9.83. The van der Waals surface area contributed by atoms with E-state index in [9.17, 15) is 4.79 Å². The van der Waals surface area contributed by atoms with E-state index in [0.29, 0.717) is 6.54 Å². The molecule has 0 spiro atoms. The zero-order valence-electron chi connectivity index (χ0n) is 15.7. The second-order valence-corrected chi connectivity index (χ2v) is 6.96. The summed E-state index contributed by atoms with van der Waals surface area (Å²) in [5.41, 5.74) is 8.06. The van der Waals surface area contributed by atoms with Gasteiger partial charge in [-0.05, 0) is 29.5 Å². The van der Waals surface area contributed by atoms with E-state index in [1.165, 1.54) is 5.56 Å². The summed E-state index contributed by atoms with van der Waals surface area (Å²) in [6.07, 6.45) is 1.72. The van der Waals surface area contributed by atoms with Gasteiger partial charge in [-0.1, -0.05) is 91.0 Å². The number of carbonyl (C=O) groups is 1. The average Bonchev–Trinajstić information content (AvgIpc) is 3.01. The minimum Gasteiger partial charge on any atom is -0.369 e. The molecule has 4 heteroatoms. The Morgan fingerprint density at radius 1 is 0.786 bits per heavy atom. The Morgan fingerprint density at radius 3 is 1.82 bits per heavy atom. The molecule has 1 amide bonds. The lowest BCUT2D eigenvalue weighted by molar-refractivity contribution is -0.130. The number of guanidine groups is 1. The van der Waals surface area contributed by atoms with Gasteiger partial charge in [-0.2, -0.15) is 0 Å². The highest BCUT2D eigenvalue weighted by atomic mass is 16.2. The van der Waals surface area contributed by atoms with Gasteiger partial charge in [0.15, 0.2) is 11.5 Å². The molecule has 0 saturated carbocycles. The minimum absolute atomic E-state index is 0.0875. The maximum absolute atomic E-state index is 13.6. The van der Waals surface area contributed by atoms with Crippen LogP contribution in [-0.4, -0.2) is 23.3 Å². The van der Waals surface area contributed by atoms with Gasteiger partial charge in [0, 0.05) is 6.54 Å². The van der Waals surface area contributed by atoms with Crippen LogP contribution in [0.1, 0.15) is 23.1 Å². The largest absolute Gasteiger partial charge is 0.369 e. The van der Waals surface area contributed by atoms with Crippen LogP contribution < -0.4 is 5.73 Å². The summed E-state index contributed by atoms with van der Waals surface area (Å²) in [6.45, 7) is 0.546. The number of rotatable bonds is 6. The molecule has 140 valence electrons. The Morgan fingerprint density at radius 2 is 1.29 bits per heavy atom. The van der Waals surface area contributed by atoms with Gasteiger partial charge >= 0.3 is 0 Å². The third-order valence-corrected chi connectivity index (χ3v) is 5.19. The summed E-state index contributed by atoms with van der Waals surface area (Å²) in [6, 6.07) is 29.6. The molecular weight excluding hydrogens is 346 g/mol. The number of nitrogens with zero attached hydrogens (tertiary/aromatic N) is 2. The highest BCUT2D eigenvalue weighted by molar-refractivity contribution is 6.09. The van der Waals surface area contributed by atoms with Crippen molar-refractivity contribution in [3.8, 4) is 0 Å². The first kappa shape index (κ1) is 18.0. The van der Waals surface area contributed by atoms with Gasteiger partial charge in [0.25, 0.3) is 5.91 Å². The molecule has 4 nitrogen and oxygen atoms in total. The second kappa shape index (κ2) is 7.69. The van der Waals surface area contributed by atoms with Crippen LogP contribution in [0.5, 0.6) is 0 Å². The van der Waals surface area contributed by atoms with Crippen LogP contribution in [-0.2, 0) is 16.8 Å². The highest BCUT2D eigenvalue weighted by Gasteiger charge is 2.50. The number of aryl methyl sites for hydroxylation is 1. The smallest absolute Gasteiger partial charge is 0.266 e. The van der Waals surface area contributed by atoms with Gasteiger partial charge in [-0.15, -0.1) is 0 Å². The molecule has 1 aliphatic heterocycles. The van der Waals surface area contributed by atoms with Crippen molar-refractivity contribution in [2.24, 2.45) is 10.7 Å². The number of hydrogen-bond donors (Lipinski definition) is 1. The molecule has 4 rings (SSSR count). The van der Waals surface area contributed by atoms with Crippen molar-refractivity contribution < 1.29 is 4.79 Å². The van der Waals surface area contributed by atoms with Gasteiger partial charge in [-0.25, -0.2) is 4.99 Å². The summed E-state index contributed by atoms with van der Waals surface area (Å²) in [7, 11) is 0. The number of benzene rings is 3. The van der Waals surface area contributed by atoms with E-state index in [1.807, 2.05) is 78.9 Å². The van der Waals surface area contributed by atoms with Crippen molar-refractivity contribution in [1.82, 2.24) is 4.90 Å². The fourth-order valence-corrected chi connectivity index (χ4v) is 3.78. The maximum Gasteiger partial charge on any atom is 0.266 e. The lowest BCUT2D eigenvalue weighted by Gasteiger charge is -2.27. The van der Waals surface area contributed by atoms with E-state index < -0.39 is 5.54 Å². The minimum atomic E-state index is -1.11. The predicted octanol–water partition coefficient (Wildman–Crippen LogP) is 3.72. The van der Waals surface area contributed by atoms with E-state index in [0.717, 1.165) is 24.0 Å². The quantitative estimate of drug-likeness (QED) is 0.720.